The third-order valence-electron chi connectivity index (χ3n) is 4.60. The second-order valence-corrected chi connectivity index (χ2v) is 8.28. The van der Waals surface area contributed by atoms with E-state index in [1.165, 1.54) is 12.1 Å². The SMILES string of the molecule is NC(=O)N(C(=O)c1ccc(NC(=O)NC(=O)c2c(F)cccc2F)cc1)c1ccccc1S(=O)(=O)F. The van der Waals surface area contributed by atoms with Crippen molar-refractivity contribution < 1.29 is 40.3 Å². The number of para-hydroxylation sites is 1. The average Bonchev–Trinajstić information content (AvgIpc) is 2.79. The number of benzene rings is 3. The van der Waals surface area contributed by atoms with Crippen molar-refractivity contribution in [2.75, 3.05) is 10.2 Å². The zero-order chi connectivity index (χ0) is 26.6. The first-order valence-electron chi connectivity index (χ1n) is 9.74. The van der Waals surface area contributed by atoms with E-state index in [0.717, 1.165) is 54.6 Å². The minimum absolute atomic E-state index is 0.0169. The van der Waals surface area contributed by atoms with E-state index in [2.05, 4.69) is 5.32 Å². The van der Waals surface area contributed by atoms with E-state index < -0.39 is 61.9 Å². The molecule has 3 rings (SSSR count). The monoisotopic (exact) mass is 520 g/mol. The number of hydrogen-bond donors (Lipinski definition) is 3. The molecule has 0 radical (unpaired) electrons. The summed E-state index contributed by atoms with van der Waals surface area (Å²) in [4.78, 5) is 48.1. The third kappa shape index (κ3) is 5.67. The molecule has 3 aromatic rings. The molecule has 6 amide bonds. The number of nitrogens with zero attached hydrogens (tertiary/aromatic N) is 1. The number of primary amides is 1. The van der Waals surface area contributed by atoms with Gasteiger partial charge in [0.25, 0.3) is 11.8 Å². The van der Waals surface area contributed by atoms with E-state index in [0.29, 0.717) is 0 Å². The molecule has 0 aliphatic carbocycles. The first-order valence-corrected chi connectivity index (χ1v) is 11.1. The molecule has 4 N–H and O–H groups in total. The van der Waals surface area contributed by atoms with Crippen LogP contribution in [0, 0.1) is 11.6 Å². The number of rotatable bonds is 5. The second kappa shape index (κ2) is 10.3. The largest absolute Gasteiger partial charge is 0.351 e. The zero-order valence-corrected chi connectivity index (χ0v) is 18.7. The van der Waals surface area contributed by atoms with E-state index in [1.54, 1.807) is 5.32 Å². The van der Waals surface area contributed by atoms with Crippen molar-refractivity contribution in [1.29, 1.82) is 0 Å². The Balaban J connectivity index is 1.78. The van der Waals surface area contributed by atoms with Crippen molar-refractivity contribution in [3.05, 3.63) is 89.5 Å². The van der Waals surface area contributed by atoms with Crippen molar-refractivity contribution in [3.8, 4) is 0 Å². The van der Waals surface area contributed by atoms with Crippen LogP contribution < -0.4 is 21.3 Å². The van der Waals surface area contributed by atoms with Gasteiger partial charge in [0.2, 0.25) is 0 Å². The standard InChI is InChI=1S/C22H15F3N4O6S/c23-14-4-3-5-15(24)18(14)19(30)28-22(33)27-13-10-8-12(9-11-13)20(31)29(21(26)32)16-6-1-2-7-17(16)36(25,34)35/h1-11H,(H2,26,32)(H2,27,28,30,33). The van der Waals surface area contributed by atoms with Gasteiger partial charge in [0.1, 0.15) is 22.1 Å². The highest BCUT2D eigenvalue weighted by Crippen LogP contribution is 2.28. The Labute approximate surface area is 201 Å². The lowest BCUT2D eigenvalue weighted by Crippen LogP contribution is -2.41. The number of anilines is 2. The summed E-state index contributed by atoms with van der Waals surface area (Å²) in [5.74, 6) is -4.80. The predicted molar refractivity (Wildman–Crippen MR) is 120 cm³/mol. The molecule has 3 aromatic carbocycles. The van der Waals surface area contributed by atoms with E-state index in [-0.39, 0.29) is 16.2 Å². The van der Waals surface area contributed by atoms with Crippen LogP contribution in [0.1, 0.15) is 20.7 Å². The van der Waals surface area contributed by atoms with Gasteiger partial charge in [-0.25, -0.2) is 23.3 Å². The van der Waals surface area contributed by atoms with Crippen LogP contribution >= 0.6 is 0 Å². The number of carbonyl (C=O) groups is 4. The molecule has 0 fully saturated rings. The van der Waals surface area contributed by atoms with Crippen LogP contribution in [-0.4, -0.2) is 32.3 Å². The van der Waals surface area contributed by atoms with Gasteiger partial charge in [0.05, 0.1) is 5.69 Å². The molecule has 0 atom stereocenters. The number of imide groups is 2. The van der Waals surface area contributed by atoms with E-state index >= 15 is 0 Å². The van der Waals surface area contributed by atoms with Gasteiger partial charge in [-0.15, -0.1) is 3.89 Å². The number of urea groups is 2. The van der Waals surface area contributed by atoms with E-state index in [1.807, 2.05) is 0 Å². The molecule has 10 nitrogen and oxygen atoms in total. The summed E-state index contributed by atoms with van der Waals surface area (Å²) in [5, 5.41) is 3.94. The van der Waals surface area contributed by atoms with Crippen molar-refractivity contribution in [2.45, 2.75) is 4.90 Å². The minimum atomic E-state index is -5.31. The maximum Gasteiger partial charge on any atom is 0.334 e. The molecule has 186 valence electrons. The Morgan fingerprint density at radius 1 is 0.833 bits per heavy atom. The van der Waals surface area contributed by atoms with Crippen LogP contribution in [0.4, 0.5) is 33.6 Å². The molecule has 14 heteroatoms. The predicted octanol–water partition coefficient (Wildman–Crippen LogP) is 3.31. The van der Waals surface area contributed by atoms with E-state index in [9.17, 15) is 40.3 Å². The number of amides is 6. The molecule has 0 unspecified atom stereocenters. The maximum atomic E-state index is 13.7. The fourth-order valence-electron chi connectivity index (χ4n) is 3.04. The fourth-order valence-corrected chi connectivity index (χ4v) is 3.69. The quantitative estimate of drug-likeness (QED) is 0.438. The van der Waals surface area contributed by atoms with Gasteiger partial charge in [0, 0.05) is 11.3 Å². The molecule has 0 saturated heterocycles. The van der Waals surface area contributed by atoms with Gasteiger partial charge in [0.15, 0.2) is 0 Å². The van der Waals surface area contributed by atoms with Crippen LogP contribution in [0.15, 0.2) is 71.6 Å². The maximum absolute atomic E-state index is 13.7. The summed E-state index contributed by atoms with van der Waals surface area (Å²) >= 11 is 0. The summed E-state index contributed by atoms with van der Waals surface area (Å²) in [6.07, 6.45) is 0. The second-order valence-electron chi connectivity index (χ2n) is 6.97. The summed E-state index contributed by atoms with van der Waals surface area (Å²) in [6, 6.07) is 9.00. The lowest BCUT2D eigenvalue weighted by atomic mass is 10.1. The van der Waals surface area contributed by atoms with Gasteiger partial charge >= 0.3 is 22.3 Å². The highest BCUT2D eigenvalue weighted by molar-refractivity contribution is 7.86. The molecule has 0 heterocycles. The molecule has 0 aliphatic heterocycles. The molecular weight excluding hydrogens is 505 g/mol. The van der Waals surface area contributed by atoms with Gasteiger partial charge < -0.3 is 11.1 Å². The van der Waals surface area contributed by atoms with Crippen LogP contribution in [0.5, 0.6) is 0 Å². The van der Waals surface area contributed by atoms with Crippen LogP contribution in [0.25, 0.3) is 0 Å². The van der Waals surface area contributed by atoms with Gasteiger partial charge in [-0.05, 0) is 48.5 Å². The molecule has 0 aromatic heterocycles. The molecule has 0 bridgehead atoms. The molecule has 0 aliphatic rings. The van der Waals surface area contributed by atoms with Crippen molar-refractivity contribution in [3.63, 3.8) is 0 Å². The Bertz CT molecular complexity index is 1460. The summed E-state index contributed by atoms with van der Waals surface area (Å²) in [6.45, 7) is 0. The zero-order valence-electron chi connectivity index (χ0n) is 17.9. The average molecular weight is 520 g/mol. The van der Waals surface area contributed by atoms with Crippen molar-refractivity contribution >= 4 is 45.5 Å². The first kappa shape index (κ1) is 25.9. The van der Waals surface area contributed by atoms with E-state index in [4.69, 9.17) is 5.73 Å². The Hall–Kier alpha value is -4.72. The number of halogens is 3. The highest BCUT2D eigenvalue weighted by Gasteiger charge is 2.29. The lowest BCUT2D eigenvalue weighted by molar-refractivity contribution is 0.0956. The van der Waals surface area contributed by atoms with Crippen molar-refractivity contribution in [1.82, 2.24) is 5.32 Å². The van der Waals surface area contributed by atoms with Gasteiger partial charge in [-0.3, -0.25) is 14.9 Å². The van der Waals surface area contributed by atoms with Gasteiger partial charge in [-0.1, -0.05) is 18.2 Å². The third-order valence-corrected chi connectivity index (χ3v) is 5.47. The minimum Gasteiger partial charge on any atom is -0.351 e. The lowest BCUT2D eigenvalue weighted by Gasteiger charge is -2.20. The number of hydrogen-bond acceptors (Lipinski definition) is 6. The smallest absolute Gasteiger partial charge is 0.334 e. The van der Waals surface area contributed by atoms with Crippen molar-refractivity contribution in [2.24, 2.45) is 5.73 Å². The Kier molecular flexibility index (Phi) is 7.39. The Morgan fingerprint density at radius 2 is 1.42 bits per heavy atom. The Morgan fingerprint density at radius 3 is 1.97 bits per heavy atom. The topological polar surface area (TPSA) is 156 Å². The highest BCUT2D eigenvalue weighted by atomic mass is 32.3. The van der Waals surface area contributed by atoms with Gasteiger partial charge in [-0.2, -0.15) is 8.42 Å². The molecular formula is C22H15F3N4O6S. The van der Waals surface area contributed by atoms with Crippen LogP contribution in [0.2, 0.25) is 0 Å². The molecule has 36 heavy (non-hydrogen) atoms. The first-order chi connectivity index (χ1) is 16.9. The normalized spacial score (nSPS) is 10.9. The number of carbonyl (C=O) groups excluding carboxylic acids is 4. The summed E-state index contributed by atoms with van der Waals surface area (Å²) < 4.78 is 63.9. The fraction of sp³-hybridized carbons (Fsp3) is 0. The van der Waals surface area contributed by atoms with Crippen LogP contribution in [0.3, 0.4) is 0 Å². The number of nitrogens with two attached hydrogens (primary N) is 1. The summed E-state index contributed by atoms with van der Waals surface area (Å²) in [7, 11) is -5.31. The molecule has 0 saturated carbocycles. The summed E-state index contributed by atoms with van der Waals surface area (Å²) in [5.41, 5.74) is 3.46. The number of nitrogens with one attached hydrogen (secondary N) is 2. The van der Waals surface area contributed by atoms with Crippen LogP contribution in [-0.2, 0) is 10.2 Å². The molecule has 0 spiro atoms.